The molecule has 5 heteroatoms. The Morgan fingerprint density at radius 1 is 1.47 bits per heavy atom. The fraction of sp³-hybridized carbons (Fsp3) is 0.333. The Labute approximate surface area is 104 Å². The van der Waals surface area contributed by atoms with E-state index in [0.717, 1.165) is 29.8 Å². The van der Waals surface area contributed by atoms with Crippen LogP contribution in [0.3, 0.4) is 0 Å². The Morgan fingerprint density at radius 3 is 2.88 bits per heavy atom. The number of aryl methyl sites for hydroxylation is 1. The van der Waals surface area contributed by atoms with Gasteiger partial charge in [0.1, 0.15) is 5.75 Å². The van der Waals surface area contributed by atoms with Crippen molar-refractivity contribution < 1.29 is 5.11 Å². The van der Waals surface area contributed by atoms with Gasteiger partial charge in [-0.1, -0.05) is 0 Å². The van der Waals surface area contributed by atoms with E-state index in [1.807, 2.05) is 13.0 Å². The van der Waals surface area contributed by atoms with Gasteiger partial charge < -0.3 is 5.11 Å². The summed E-state index contributed by atoms with van der Waals surface area (Å²) in [5.41, 5.74) is 2.02. The molecule has 0 radical (unpaired) electrons. The van der Waals surface area contributed by atoms with Crippen molar-refractivity contribution >= 4 is 12.2 Å². The molecule has 0 aliphatic heterocycles. The second-order valence-electron chi connectivity index (χ2n) is 4.45. The van der Waals surface area contributed by atoms with Crippen molar-refractivity contribution in [3.05, 3.63) is 28.5 Å². The van der Waals surface area contributed by atoms with Gasteiger partial charge in [0.15, 0.2) is 10.6 Å². The summed E-state index contributed by atoms with van der Waals surface area (Å²) in [6.07, 6.45) is 2.33. The molecule has 2 N–H and O–H groups in total. The minimum absolute atomic E-state index is 0.276. The van der Waals surface area contributed by atoms with Gasteiger partial charge in [-0.3, -0.25) is 9.67 Å². The fourth-order valence-electron chi connectivity index (χ4n) is 2.06. The Kier molecular flexibility index (Phi) is 2.29. The maximum absolute atomic E-state index is 9.42. The van der Waals surface area contributed by atoms with E-state index >= 15 is 0 Å². The first kappa shape index (κ1) is 10.5. The van der Waals surface area contributed by atoms with E-state index in [1.165, 1.54) is 0 Å². The number of aromatic hydroxyl groups is 1. The lowest BCUT2D eigenvalue weighted by Crippen LogP contribution is -1.98. The number of benzene rings is 1. The zero-order valence-corrected chi connectivity index (χ0v) is 10.3. The molecule has 0 unspecified atom stereocenters. The van der Waals surface area contributed by atoms with Gasteiger partial charge in [0, 0.05) is 11.6 Å². The van der Waals surface area contributed by atoms with Gasteiger partial charge >= 0.3 is 0 Å². The molecule has 1 aromatic carbocycles. The van der Waals surface area contributed by atoms with E-state index in [2.05, 4.69) is 14.8 Å². The highest BCUT2D eigenvalue weighted by Crippen LogP contribution is 2.38. The molecule has 1 aliphatic carbocycles. The third-order valence-electron chi connectivity index (χ3n) is 3.07. The van der Waals surface area contributed by atoms with Crippen LogP contribution in [-0.2, 0) is 0 Å². The van der Waals surface area contributed by atoms with E-state index in [4.69, 9.17) is 12.2 Å². The topological polar surface area (TPSA) is 53.8 Å². The second-order valence-corrected chi connectivity index (χ2v) is 4.84. The normalized spacial score (nSPS) is 15.1. The zero-order valence-electron chi connectivity index (χ0n) is 9.47. The molecule has 0 amide bonds. The number of H-pyrrole nitrogens is 1. The molecule has 17 heavy (non-hydrogen) atoms. The number of aromatic amines is 1. The minimum atomic E-state index is 0.276. The van der Waals surface area contributed by atoms with Crippen LogP contribution in [0.4, 0.5) is 0 Å². The number of hydrogen-bond donors (Lipinski definition) is 2. The van der Waals surface area contributed by atoms with Crippen LogP contribution in [0.15, 0.2) is 18.2 Å². The highest BCUT2D eigenvalue weighted by atomic mass is 32.1. The fourth-order valence-corrected chi connectivity index (χ4v) is 2.35. The molecule has 1 fully saturated rings. The average molecular weight is 247 g/mol. The Morgan fingerprint density at radius 2 is 2.24 bits per heavy atom. The third-order valence-corrected chi connectivity index (χ3v) is 3.36. The lowest BCUT2D eigenvalue weighted by Gasteiger charge is -2.07. The molecule has 3 rings (SSSR count). The number of nitrogens with zero attached hydrogens (tertiary/aromatic N) is 2. The summed E-state index contributed by atoms with van der Waals surface area (Å²) in [7, 11) is 0. The van der Waals surface area contributed by atoms with Gasteiger partial charge in [0.2, 0.25) is 0 Å². The van der Waals surface area contributed by atoms with Crippen LogP contribution >= 0.6 is 12.2 Å². The first-order valence-corrected chi connectivity index (χ1v) is 6.04. The lowest BCUT2D eigenvalue weighted by atomic mass is 10.1. The van der Waals surface area contributed by atoms with Crippen LogP contribution in [0.5, 0.6) is 5.75 Å². The number of rotatable bonds is 2. The number of hydrogen-bond acceptors (Lipinski definition) is 3. The monoisotopic (exact) mass is 247 g/mol. The molecule has 0 spiro atoms. The van der Waals surface area contributed by atoms with E-state index < -0.39 is 0 Å². The van der Waals surface area contributed by atoms with Gasteiger partial charge in [0.25, 0.3) is 0 Å². The Bertz CT molecular complexity index is 625. The van der Waals surface area contributed by atoms with Crippen molar-refractivity contribution in [2.45, 2.75) is 25.8 Å². The summed E-state index contributed by atoms with van der Waals surface area (Å²) < 4.78 is 2.75. The first-order chi connectivity index (χ1) is 8.16. The lowest BCUT2D eigenvalue weighted by molar-refractivity contribution is 0.475. The molecule has 0 atom stereocenters. The van der Waals surface area contributed by atoms with E-state index in [-0.39, 0.29) is 5.75 Å². The van der Waals surface area contributed by atoms with Gasteiger partial charge in [-0.25, -0.2) is 0 Å². The standard InChI is InChI=1S/C12H13N3OS/c1-7-6-9(16)4-5-10(7)11-13-14-12(17)15(11)8-2-3-8/h4-6,8,16H,2-3H2,1H3,(H,14,17). The number of phenolic OH excluding ortho intramolecular Hbond substituents is 1. The largest absolute Gasteiger partial charge is 0.508 e. The predicted molar refractivity (Wildman–Crippen MR) is 67.5 cm³/mol. The quantitative estimate of drug-likeness (QED) is 0.802. The number of aromatic nitrogens is 3. The SMILES string of the molecule is Cc1cc(O)ccc1-c1n[nH]c(=S)n1C1CC1. The van der Waals surface area contributed by atoms with Crippen LogP contribution in [0, 0.1) is 11.7 Å². The third kappa shape index (κ3) is 1.76. The van der Waals surface area contributed by atoms with Crippen molar-refractivity contribution in [3.63, 3.8) is 0 Å². The summed E-state index contributed by atoms with van der Waals surface area (Å²) in [6.45, 7) is 1.96. The molecule has 88 valence electrons. The van der Waals surface area contributed by atoms with Crippen LogP contribution in [-0.4, -0.2) is 19.9 Å². The van der Waals surface area contributed by atoms with Crippen molar-refractivity contribution in [2.75, 3.05) is 0 Å². The van der Waals surface area contributed by atoms with Crippen molar-refractivity contribution in [2.24, 2.45) is 0 Å². The maximum Gasteiger partial charge on any atom is 0.195 e. The van der Waals surface area contributed by atoms with Gasteiger partial charge in [-0.05, 0) is 55.7 Å². The van der Waals surface area contributed by atoms with Gasteiger partial charge in [-0.15, -0.1) is 0 Å². The molecule has 0 bridgehead atoms. The van der Waals surface area contributed by atoms with Crippen LogP contribution in [0.25, 0.3) is 11.4 Å². The predicted octanol–water partition coefficient (Wildman–Crippen LogP) is 2.96. The highest BCUT2D eigenvalue weighted by molar-refractivity contribution is 7.71. The molecule has 1 aliphatic rings. The summed E-state index contributed by atoms with van der Waals surface area (Å²) >= 11 is 5.25. The van der Waals surface area contributed by atoms with Gasteiger partial charge in [0.05, 0.1) is 0 Å². The zero-order chi connectivity index (χ0) is 12.0. The van der Waals surface area contributed by atoms with Crippen LogP contribution in [0.1, 0.15) is 24.4 Å². The second kappa shape index (κ2) is 3.70. The summed E-state index contributed by atoms with van der Waals surface area (Å²) in [4.78, 5) is 0. The van der Waals surface area contributed by atoms with Gasteiger partial charge in [-0.2, -0.15) is 5.10 Å². The summed E-state index contributed by atoms with van der Waals surface area (Å²) in [5, 5.41) is 16.6. The van der Waals surface area contributed by atoms with Crippen LogP contribution < -0.4 is 0 Å². The number of phenols is 1. The molecule has 1 heterocycles. The molecule has 2 aromatic rings. The highest BCUT2D eigenvalue weighted by Gasteiger charge is 2.28. The Hall–Kier alpha value is -1.62. The van der Waals surface area contributed by atoms with Crippen molar-refractivity contribution in [1.29, 1.82) is 0 Å². The Balaban J connectivity index is 2.18. The molecule has 0 saturated heterocycles. The molecule has 1 saturated carbocycles. The smallest absolute Gasteiger partial charge is 0.195 e. The van der Waals surface area contributed by atoms with E-state index in [9.17, 15) is 5.11 Å². The summed E-state index contributed by atoms with van der Waals surface area (Å²) in [5.74, 6) is 1.15. The minimum Gasteiger partial charge on any atom is -0.508 e. The molecular weight excluding hydrogens is 234 g/mol. The van der Waals surface area contributed by atoms with Crippen molar-refractivity contribution in [3.8, 4) is 17.1 Å². The van der Waals surface area contributed by atoms with E-state index in [0.29, 0.717) is 10.8 Å². The van der Waals surface area contributed by atoms with E-state index in [1.54, 1.807) is 12.1 Å². The first-order valence-electron chi connectivity index (χ1n) is 5.63. The average Bonchev–Trinajstić information content (AvgIpc) is 3.03. The maximum atomic E-state index is 9.42. The molecular formula is C12H13N3OS. The molecule has 1 aromatic heterocycles. The van der Waals surface area contributed by atoms with Crippen LogP contribution in [0.2, 0.25) is 0 Å². The number of nitrogens with one attached hydrogen (secondary N) is 1. The summed E-state index contributed by atoms with van der Waals surface area (Å²) in [6, 6.07) is 5.79. The molecule has 4 nitrogen and oxygen atoms in total. The van der Waals surface area contributed by atoms with Crippen molar-refractivity contribution in [1.82, 2.24) is 14.8 Å².